The average Bonchev–Trinajstić information content (AvgIpc) is 3.73. The number of aliphatic hydroxyl groups excluding tert-OH is 1. The number of carbonyl (C=O) groups is 3. The van der Waals surface area contributed by atoms with Crippen LogP contribution in [0.3, 0.4) is 0 Å². The van der Waals surface area contributed by atoms with Gasteiger partial charge in [0.05, 0.1) is 23.4 Å². The lowest BCUT2D eigenvalue weighted by atomic mass is 9.84. The molecule has 5 rings (SSSR count). The maximum absolute atomic E-state index is 13.8. The lowest BCUT2D eigenvalue weighted by Crippen LogP contribution is -2.50. The highest BCUT2D eigenvalue weighted by atomic mass is 16.6. The zero-order chi connectivity index (χ0) is 38.7. The third-order valence-electron chi connectivity index (χ3n) is 9.94. The minimum Gasteiger partial charge on any atom is -0.481 e. The third kappa shape index (κ3) is 9.08. The van der Waals surface area contributed by atoms with Crippen LogP contribution in [0.15, 0.2) is 60.8 Å². The number of methoxy groups -OCH3 is 1. The number of hydrogen-bond donors (Lipinski definition) is 3. The second-order valence-corrected chi connectivity index (χ2v) is 15.8. The maximum Gasteiger partial charge on any atom is 0.408 e. The van der Waals surface area contributed by atoms with Gasteiger partial charge in [0, 0.05) is 62.4 Å². The molecule has 2 unspecified atom stereocenters. The number of hydrogen-bond acceptors (Lipinski definition) is 7. The number of pyridine rings is 1. The SMILES string of the molecule is CCn1c(-c2cccnc2[C@H](C)OC)c(CC(C)(C)CO)c2cc(-c3cccc(CC(NC(=O)OC(C)(C)C)C(=O)N4CCC(C(=O)O)C4)c3)ccc21. The van der Waals surface area contributed by atoms with Gasteiger partial charge >= 0.3 is 12.1 Å². The zero-order valence-corrected chi connectivity index (χ0v) is 32.2. The highest BCUT2D eigenvalue weighted by Crippen LogP contribution is 2.41. The molecule has 1 saturated heterocycles. The number of alkyl carbamates (subject to hydrolysis) is 1. The fraction of sp³-hybridized carbons (Fsp3) is 0.476. The number of fused-ring (bicyclic) bond motifs is 1. The van der Waals surface area contributed by atoms with E-state index < -0.39 is 35.0 Å². The molecule has 0 spiro atoms. The van der Waals surface area contributed by atoms with E-state index in [4.69, 9.17) is 14.5 Å². The molecule has 2 aromatic heterocycles. The van der Waals surface area contributed by atoms with Crippen molar-refractivity contribution in [2.75, 3.05) is 26.8 Å². The molecule has 2 aromatic carbocycles. The van der Waals surface area contributed by atoms with Crippen molar-refractivity contribution in [3.05, 3.63) is 77.6 Å². The molecule has 1 aliphatic rings. The molecule has 3 N–H and O–H groups in total. The van der Waals surface area contributed by atoms with Gasteiger partial charge in [-0.15, -0.1) is 0 Å². The van der Waals surface area contributed by atoms with Crippen LogP contribution in [0.4, 0.5) is 4.79 Å². The number of aromatic nitrogens is 2. The quantitative estimate of drug-likeness (QED) is 0.133. The number of carboxylic acids is 1. The number of nitrogens with one attached hydrogen (secondary N) is 1. The van der Waals surface area contributed by atoms with E-state index in [9.17, 15) is 24.6 Å². The Morgan fingerprint density at radius 1 is 1.04 bits per heavy atom. The molecule has 2 amide bonds. The standard InChI is InChI=1S/C42H54N4O7/c1-9-46-35-16-15-29(22-32(35)33(23-42(6,7)25-47)37(46)31-14-11-18-43-36(31)26(2)52-8)28-13-10-12-27(20-28)21-34(44-40(51)53-41(3,4)5)38(48)45-19-17-30(24-45)39(49)50/h10-16,18,20,22,26,30,34,47H,9,17,19,21,23-25H2,1-8H3,(H,44,51)(H,49,50)/t26-,30?,34?/m0/s1. The zero-order valence-electron chi connectivity index (χ0n) is 32.2. The smallest absolute Gasteiger partial charge is 0.408 e. The van der Waals surface area contributed by atoms with Gasteiger partial charge in [-0.3, -0.25) is 14.6 Å². The molecule has 284 valence electrons. The van der Waals surface area contributed by atoms with Crippen molar-refractivity contribution >= 4 is 28.9 Å². The molecule has 1 aliphatic heterocycles. The van der Waals surface area contributed by atoms with E-state index in [1.54, 1.807) is 34.1 Å². The van der Waals surface area contributed by atoms with Gasteiger partial charge in [0.2, 0.25) is 5.91 Å². The number of aliphatic hydroxyl groups is 1. The second-order valence-electron chi connectivity index (χ2n) is 15.8. The van der Waals surface area contributed by atoms with Gasteiger partial charge in [-0.1, -0.05) is 44.2 Å². The summed E-state index contributed by atoms with van der Waals surface area (Å²) in [7, 11) is 1.68. The van der Waals surface area contributed by atoms with Gasteiger partial charge in [-0.05, 0) is 99.4 Å². The van der Waals surface area contributed by atoms with Crippen molar-refractivity contribution in [3.63, 3.8) is 0 Å². The van der Waals surface area contributed by atoms with Crippen molar-refractivity contribution in [3.8, 4) is 22.4 Å². The first-order chi connectivity index (χ1) is 25.1. The van der Waals surface area contributed by atoms with Gasteiger partial charge < -0.3 is 34.5 Å². The molecule has 0 aliphatic carbocycles. The van der Waals surface area contributed by atoms with Crippen LogP contribution in [0, 0.1) is 11.3 Å². The Hall–Kier alpha value is -4.74. The van der Waals surface area contributed by atoms with Crippen LogP contribution in [0.1, 0.15) is 77.8 Å². The van der Waals surface area contributed by atoms with Gasteiger partial charge in [0.1, 0.15) is 11.6 Å². The maximum atomic E-state index is 13.8. The summed E-state index contributed by atoms with van der Waals surface area (Å²) < 4.78 is 13.5. The third-order valence-corrected chi connectivity index (χ3v) is 9.94. The van der Waals surface area contributed by atoms with E-state index in [1.165, 1.54) is 4.90 Å². The van der Waals surface area contributed by atoms with Crippen molar-refractivity contribution in [1.82, 2.24) is 19.8 Å². The fourth-order valence-electron chi connectivity index (χ4n) is 7.15. The van der Waals surface area contributed by atoms with Crippen LogP contribution < -0.4 is 5.32 Å². The number of aryl methyl sites for hydroxylation is 1. The molecular formula is C42H54N4O7. The normalized spacial score (nSPS) is 16.1. The number of carboxylic acid groups (broad SMARTS) is 1. The summed E-state index contributed by atoms with van der Waals surface area (Å²) in [6.07, 6.45) is 2.03. The van der Waals surface area contributed by atoms with Gasteiger partial charge in [0.25, 0.3) is 0 Å². The van der Waals surface area contributed by atoms with Gasteiger partial charge in [-0.25, -0.2) is 4.79 Å². The lowest BCUT2D eigenvalue weighted by Gasteiger charge is -2.26. The molecule has 0 radical (unpaired) electrons. The predicted molar refractivity (Wildman–Crippen MR) is 205 cm³/mol. The van der Waals surface area contributed by atoms with Crippen molar-refractivity contribution in [1.29, 1.82) is 0 Å². The lowest BCUT2D eigenvalue weighted by molar-refractivity contribution is -0.141. The van der Waals surface area contributed by atoms with Crippen LogP contribution in [0.25, 0.3) is 33.3 Å². The monoisotopic (exact) mass is 726 g/mol. The van der Waals surface area contributed by atoms with E-state index in [2.05, 4.69) is 54.9 Å². The first-order valence-corrected chi connectivity index (χ1v) is 18.4. The van der Waals surface area contributed by atoms with Gasteiger partial charge in [0.15, 0.2) is 0 Å². The van der Waals surface area contributed by atoms with Crippen molar-refractivity contribution in [2.24, 2.45) is 11.3 Å². The second kappa shape index (κ2) is 16.1. The Morgan fingerprint density at radius 3 is 2.42 bits per heavy atom. The highest BCUT2D eigenvalue weighted by Gasteiger charge is 2.35. The van der Waals surface area contributed by atoms with Crippen LogP contribution in [-0.4, -0.2) is 81.1 Å². The summed E-state index contributed by atoms with van der Waals surface area (Å²) in [5.74, 6) is -1.91. The topological polar surface area (TPSA) is 143 Å². The number of benzene rings is 2. The Labute approximate surface area is 312 Å². The minimum absolute atomic E-state index is 0.0208. The molecular weight excluding hydrogens is 672 g/mol. The summed E-state index contributed by atoms with van der Waals surface area (Å²) in [4.78, 5) is 44.6. The Balaban J connectivity index is 1.56. The summed E-state index contributed by atoms with van der Waals surface area (Å²) >= 11 is 0. The Morgan fingerprint density at radius 2 is 1.77 bits per heavy atom. The van der Waals surface area contributed by atoms with Crippen LogP contribution in [0.5, 0.6) is 0 Å². The summed E-state index contributed by atoms with van der Waals surface area (Å²) in [5, 5.41) is 23.8. The molecule has 0 saturated carbocycles. The van der Waals surface area contributed by atoms with E-state index in [0.29, 0.717) is 19.4 Å². The molecule has 0 bridgehead atoms. The number of ether oxygens (including phenoxy) is 2. The first kappa shape index (κ1) is 39.5. The predicted octanol–water partition coefficient (Wildman–Crippen LogP) is 7.03. The number of carbonyl (C=O) groups excluding carboxylic acids is 2. The number of nitrogens with zero attached hydrogens (tertiary/aromatic N) is 3. The Bertz CT molecular complexity index is 1960. The van der Waals surface area contributed by atoms with Crippen LogP contribution in [-0.2, 0) is 38.4 Å². The molecule has 1 fully saturated rings. The minimum atomic E-state index is -0.952. The van der Waals surface area contributed by atoms with Crippen LogP contribution >= 0.6 is 0 Å². The molecule has 3 heterocycles. The number of likely N-dealkylation sites (tertiary alicyclic amines) is 1. The van der Waals surface area contributed by atoms with E-state index in [-0.39, 0.29) is 31.6 Å². The van der Waals surface area contributed by atoms with Crippen molar-refractivity contribution < 1.29 is 34.1 Å². The summed E-state index contributed by atoms with van der Waals surface area (Å²) in [6, 6.07) is 17.4. The van der Waals surface area contributed by atoms with Crippen molar-refractivity contribution in [2.45, 2.75) is 92.0 Å². The number of aliphatic carboxylic acids is 1. The number of amides is 2. The summed E-state index contributed by atoms with van der Waals surface area (Å²) in [6.45, 7) is 14.7. The molecule has 11 nitrogen and oxygen atoms in total. The van der Waals surface area contributed by atoms with Gasteiger partial charge in [-0.2, -0.15) is 0 Å². The summed E-state index contributed by atoms with van der Waals surface area (Å²) in [5.41, 5.74) is 6.68. The van der Waals surface area contributed by atoms with E-state index in [1.807, 2.05) is 37.3 Å². The van der Waals surface area contributed by atoms with Crippen LogP contribution in [0.2, 0.25) is 0 Å². The first-order valence-electron chi connectivity index (χ1n) is 18.4. The average molecular weight is 727 g/mol. The number of rotatable bonds is 13. The molecule has 3 atom stereocenters. The molecule has 4 aromatic rings. The highest BCUT2D eigenvalue weighted by molar-refractivity contribution is 5.95. The Kier molecular flexibility index (Phi) is 12.0. The largest absolute Gasteiger partial charge is 0.481 e. The van der Waals surface area contributed by atoms with E-state index >= 15 is 0 Å². The van der Waals surface area contributed by atoms with E-state index in [0.717, 1.165) is 56.7 Å². The molecule has 53 heavy (non-hydrogen) atoms. The fourth-order valence-corrected chi connectivity index (χ4v) is 7.15. The molecule has 11 heteroatoms.